The van der Waals surface area contributed by atoms with Crippen LogP contribution in [0.1, 0.15) is 0 Å². The molecule has 0 aliphatic heterocycles. The third-order valence-corrected chi connectivity index (χ3v) is 8.64. The third kappa shape index (κ3) is 6.20. The van der Waals surface area contributed by atoms with Crippen LogP contribution in [0.15, 0.2) is 194 Å². The Morgan fingerprint density at radius 2 is 0.396 bits per heavy atom. The monoisotopic (exact) mass is 612 g/mol. The summed E-state index contributed by atoms with van der Waals surface area (Å²) < 4.78 is 0. The van der Waals surface area contributed by atoms with Crippen molar-refractivity contribution < 1.29 is 0 Å². The van der Waals surface area contributed by atoms with E-state index in [-0.39, 0.29) is 0 Å². The molecule has 0 atom stereocenters. The topological polar surface area (TPSA) is 25.8 Å². The molecule has 0 saturated carbocycles. The summed E-state index contributed by atoms with van der Waals surface area (Å²) in [5.41, 5.74) is 14.9. The molecule has 0 aliphatic carbocycles. The van der Waals surface area contributed by atoms with Gasteiger partial charge in [-0.3, -0.25) is 0 Å². The van der Waals surface area contributed by atoms with Gasteiger partial charge >= 0.3 is 0 Å². The minimum Gasteiger partial charge on any atom is -0.248 e. The fraction of sp³-hybridized carbons (Fsp3) is 0. The van der Waals surface area contributed by atoms with Gasteiger partial charge in [0.2, 0.25) is 0 Å². The summed E-state index contributed by atoms with van der Waals surface area (Å²) in [7, 11) is 0. The number of nitrogens with zero attached hydrogens (tertiary/aromatic N) is 2. The molecule has 48 heavy (non-hydrogen) atoms. The number of rotatable bonds is 7. The summed E-state index contributed by atoms with van der Waals surface area (Å²) in [5, 5.41) is 0. The highest BCUT2D eigenvalue weighted by Gasteiger charge is 2.14. The van der Waals surface area contributed by atoms with E-state index in [1.807, 2.05) is 24.3 Å². The molecule has 2 heteroatoms. The van der Waals surface area contributed by atoms with Gasteiger partial charge in [-0.1, -0.05) is 152 Å². The van der Waals surface area contributed by atoms with Crippen molar-refractivity contribution in [2.45, 2.75) is 0 Å². The molecule has 0 fully saturated rings. The largest absolute Gasteiger partial charge is 0.248 e. The first kappa shape index (κ1) is 29.1. The molecule has 0 saturated heterocycles. The van der Waals surface area contributed by atoms with E-state index in [0.29, 0.717) is 0 Å². The summed E-state index contributed by atoms with van der Waals surface area (Å²) in [5.74, 6) is 0. The molecule has 0 spiro atoms. The molecule has 0 amide bonds. The molecule has 8 aromatic rings. The Labute approximate surface area is 281 Å². The van der Waals surface area contributed by atoms with Crippen molar-refractivity contribution in [1.29, 1.82) is 0 Å². The van der Waals surface area contributed by atoms with Gasteiger partial charge in [-0.2, -0.15) is 0 Å². The highest BCUT2D eigenvalue weighted by molar-refractivity contribution is 5.86. The highest BCUT2D eigenvalue weighted by atomic mass is 14.7. The fourth-order valence-corrected chi connectivity index (χ4v) is 6.18. The summed E-state index contributed by atoms with van der Waals surface area (Å²) in [6.07, 6.45) is 0. The van der Waals surface area contributed by atoms with E-state index in [9.17, 15) is 0 Å². The number of aromatic nitrogens is 2. The van der Waals surface area contributed by atoms with Gasteiger partial charge < -0.3 is 0 Å². The van der Waals surface area contributed by atoms with Crippen molar-refractivity contribution >= 4 is 0 Å². The second-order valence-electron chi connectivity index (χ2n) is 11.9. The predicted octanol–water partition coefficient (Wildman–Crippen LogP) is 12.1. The number of pyridine rings is 2. The number of benzene rings is 6. The van der Waals surface area contributed by atoms with Gasteiger partial charge in [-0.05, 0) is 75.8 Å². The van der Waals surface area contributed by atoms with E-state index in [2.05, 4.69) is 170 Å². The van der Waals surface area contributed by atoms with Gasteiger partial charge in [-0.15, -0.1) is 0 Å². The maximum atomic E-state index is 5.14. The van der Waals surface area contributed by atoms with E-state index in [1.165, 1.54) is 5.56 Å². The van der Waals surface area contributed by atoms with Crippen LogP contribution in [0.5, 0.6) is 0 Å². The zero-order valence-electron chi connectivity index (χ0n) is 26.4. The molecule has 2 heterocycles. The Balaban J connectivity index is 1.36. The van der Waals surface area contributed by atoms with Crippen molar-refractivity contribution in [2.75, 3.05) is 0 Å². The third-order valence-electron chi connectivity index (χ3n) is 8.64. The summed E-state index contributed by atoms with van der Waals surface area (Å²) in [6.45, 7) is 0. The minimum atomic E-state index is 0.945. The maximum Gasteiger partial charge on any atom is 0.0715 e. The van der Waals surface area contributed by atoms with Crippen molar-refractivity contribution in [3.8, 4) is 78.4 Å². The summed E-state index contributed by atoms with van der Waals surface area (Å²) >= 11 is 0. The first-order valence-corrected chi connectivity index (χ1v) is 16.2. The average molecular weight is 613 g/mol. The van der Waals surface area contributed by atoms with E-state index >= 15 is 0 Å². The molecule has 0 unspecified atom stereocenters. The minimum absolute atomic E-state index is 0.945. The molecular formula is C46H32N2. The molecule has 8 rings (SSSR count). The predicted molar refractivity (Wildman–Crippen MR) is 200 cm³/mol. The van der Waals surface area contributed by atoms with Crippen LogP contribution < -0.4 is 0 Å². The Morgan fingerprint density at radius 1 is 0.188 bits per heavy atom. The molecule has 2 aromatic heterocycles. The smallest absolute Gasteiger partial charge is 0.0715 e. The lowest BCUT2D eigenvalue weighted by Gasteiger charge is -2.15. The standard InChI is InChI=1S/C46H32N2/c1-6-16-33(17-7-1)38-26-39(41-29-43(34-18-8-2-9-19-34)47-44(30-41)35-20-10-3-11-21-35)28-40(27-38)42-31-45(36-22-12-4-13-23-36)48-46(32-42)37-24-14-5-15-25-37/h1-32H. The van der Waals surface area contributed by atoms with Crippen LogP contribution >= 0.6 is 0 Å². The lowest BCUT2D eigenvalue weighted by molar-refractivity contribution is 1.32. The molecule has 0 aliphatic rings. The van der Waals surface area contributed by atoms with Crippen LogP contribution in [-0.4, -0.2) is 9.97 Å². The maximum absolute atomic E-state index is 5.14. The molecule has 226 valence electrons. The fourth-order valence-electron chi connectivity index (χ4n) is 6.18. The molecule has 0 radical (unpaired) electrons. The van der Waals surface area contributed by atoms with Crippen LogP contribution in [0.25, 0.3) is 78.4 Å². The van der Waals surface area contributed by atoms with Gasteiger partial charge in [0.1, 0.15) is 0 Å². The van der Waals surface area contributed by atoms with Gasteiger partial charge in [0, 0.05) is 22.3 Å². The summed E-state index contributed by atoms with van der Waals surface area (Å²) in [4.78, 5) is 10.3. The Kier molecular flexibility index (Phi) is 7.96. The van der Waals surface area contributed by atoms with Crippen LogP contribution in [-0.2, 0) is 0 Å². The van der Waals surface area contributed by atoms with E-state index in [0.717, 1.165) is 72.8 Å². The lowest BCUT2D eigenvalue weighted by Crippen LogP contribution is -1.94. The molecular weight excluding hydrogens is 581 g/mol. The Hall–Kier alpha value is -6.38. The Morgan fingerprint density at radius 3 is 0.667 bits per heavy atom. The average Bonchev–Trinajstić information content (AvgIpc) is 3.19. The zero-order valence-corrected chi connectivity index (χ0v) is 26.4. The first-order valence-electron chi connectivity index (χ1n) is 16.2. The van der Waals surface area contributed by atoms with Gasteiger partial charge in [-0.25, -0.2) is 9.97 Å². The first-order chi connectivity index (χ1) is 23.8. The van der Waals surface area contributed by atoms with Crippen molar-refractivity contribution in [2.24, 2.45) is 0 Å². The van der Waals surface area contributed by atoms with Crippen molar-refractivity contribution in [3.05, 3.63) is 194 Å². The van der Waals surface area contributed by atoms with Crippen LogP contribution in [0.2, 0.25) is 0 Å². The SMILES string of the molecule is c1ccc(-c2cc(-c3cc(-c4ccccc4)nc(-c4ccccc4)c3)cc(-c3cc(-c4ccccc4)nc(-c4ccccc4)c3)c2)cc1. The second-order valence-corrected chi connectivity index (χ2v) is 11.9. The number of hydrogen-bond acceptors (Lipinski definition) is 2. The van der Waals surface area contributed by atoms with Crippen LogP contribution in [0.3, 0.4) is 0 Å². The van der Waals surface area contributed by atoms with Gasteiger partial charge in [0.25, 0.3) is 0 Å². The van der Waals surface area contributed by atoms with E-state index < -0.39 is 0 Å². The lowest BCUT2D eigenvalue weighted by atomic mass is 9.91. The number of hydrogen-bond donors (Lipinski definition) is 0. The van der Waals surface area contributed by atoms with E-state index in [1.54, 1.807) is 0 Å². The zero-order chi connectivity index (χ0) is 32.1. The highest BCUT2D eigenvalue weighted by Crippen LogP contribution is 2.38. The van der Waals surface area contributed by atoms with Crippen molar-refractivity contribution in [1.82, 2.24) is 9.97 Å². The van der Waals surface area contributed by atoms with Crippen LogP contribution in [0, 0.1) is 0 Å². The normalized spacial score (nSPS) is 10.9. The summed E-state index contributed by atoms with van der Waals surface area (Å²) in [6, 6.07) is 68.1. The van der Waals surface area contributed by atoms with Gasteiger partial charge in [0.05, 0.1) is 22.8 Å². The molecule has 0 bridgehead atoms. The molecule has 2 nitrogen and oxygen atoms in total. The quantitative estimate of drug-likeness (QED) is 0.179. The van der Waals surface area contributed by atoms with Crippen molar-refractivity contribution in [3.63, 3.8) is 0 Å². The molecule has 0 N–H and O–H groups in total. The Bertz CT molecular complexity index is 2040. The second kappa shape index (κ2) is 13.2. The molecule has 6 aromatic carbocycles. The van der Waals surface area contributed by atoms with Gasteiger partial charge in [0.15, 0.2) is 0 Å². The van der Waals surface area contributed by atoms with Crippen LogP contribution in [0.4, 0.5) is 0 Å². The van der Waals surface area contributed by atoms with E-state index in [4.69, 9.17) is 9.97 Å².